The highest BCUT2D eigenvalue weighted by molar-refractivity contribution is 6.32. The summed E-state index contributed by atoms with van der Waals surface area (Å²) in [6.07, 6.45) is -5.00. The lowest BCUT2D eigenvalue weighted by atomic mass is 10.0. The summed E-state index contributed by atoms with van der Waals surface area (Å²) in [6, 6.07) is 6.40. The SMILES string of the molecule is COCC(C)c1cccc(OOC(C)=O)c1Oc1cc(-n2c(=O)cc(C(F)(F)F)n(C)c2=O)c(F)cc1Cl. The summed E-state index contributed by atoms with van der Waals surface area (Å²) in [4.78, 5) is 46.1. The van der Waals surface area contributed by atoms with Crippen molar-refractivity contribution in [3.8, 4) is 22.9 Å². The molecule has 0 radical (unpaired) electrons. The molecule has 0 bridgehead atoms. The summed E-state index contributed by atoms with van der Waals surface area (Å²) < 4.78 is 66.0. The van der Waals surface area contributed by atoms with Crippen molar-refractivity contribution in [3.63, 3.8) is 0 Å². The maximum absolute atomic E-state index is 14.9. The Morgan fingerprint density at radius 1 is 1.13 bits per heavy atom. The van der Waals surface area contributed by atoms with Crippen molar-refractivity contribution >= 4 is 17.6 Å². The standard InChI is InChI=1S/C24H21ClF4N2O7/c1-12(11-35-4)14-6-5-7-18(38-37-13(2)32)22(14)36-19-9-17(16(26)8-15(19)25)31-21(33)10-20(24(27,28)29)30(3)23(31)34/h5-10,12H,11H2,1-4H3. The number of alkyl halides is 3. The minimum absolute atomic E-state index is 0.0228. The minimum Gasteiger partial charge on any atom is -0.451 e. The number of nitrogens with zero attached hydrogens (tertiary/aromatic N) is 2. The molecular weight excluding hydrogens is 540 g/mol. The molecule has 0 aliphatic carbocycles. The summed E-state index contributed by atoms with van der Waals surface area (Å²) >= 11 is 6.17. The van der Waals surface area contributed by atoms with Gasteiger partial charge in [0.1, 0.15) is 17.3 Å². The molecule has 0 spiro atoms. The molecule has 204 valence electrons. The molecule has 0 fully saturated rings. The zero-order valence-corrected chi connectivity index (χ0v) is 21.1. The van der Waals surface area contributed by atoms with Crippen molar-refractivity contribution in [2.24, 2.45) is 7.05 Å². The number of carbonyl (C=O) groups is 1. The van der Waals surface area contributed by atoms with Crippen LogP contribution in [0.4, 0.5) is 17.6 Å². The van der Waals surface area contributed by atoms with E-state index in [-0.39, 0.29) is 50.0 Å². The minimum atomic E-state index is -5.00. The molecule has 14 heteroatoms. The third-order valence-corrected chi connectivity index (χ3v) is 5.57. The first-order valence-electron chi connectivity index (χ1n) is 10.8. The summed E-state index contributed by atoms with van der Waals surface area (Å²) in [6.45, 7) is 3.11. The van der Waals surface area contributed by atoms with E-state index in [1.807, 2.05) is 0 Å². The Labute approximate surface area is 217 Å². The Bertz CT molecular complexity index is 1480. The van der Waals surface area contributed by atoms with Gasteiger partial charge in [-0.05, 0) is 12.1 Å². The van der Waals surface area contributed by atoms with Crippen molar-refractivity contribution in [1.29, 1.82) is 0 Å². The molecule has 9 nitrogen and oxygen atoms in total. The zero-order valence-electron chi connectivity index (χ0n) is 20.4. The Kier molecular flexibility index (Phi) is 8.52. The van der Waals surface area contributed by atoms with Gasteiger partial charge in [-0.15, -0.1) is 0 Å². The third-order valence-electron chi connectivity index (χ3n) is 5.27. The molecule has 0 aliphatic rings. The second kappa shape index (κ2) is 11.3. The highest BCUT2D eigenvalue weighted by Gasteiger charge is 2.35. The molecule has 3 aromatic rings. The van der Waals surface area contributed by atoms with Crippen LogP contribution in [-0.2, 0) is 27.6 Å². The number of halogens is 5. The van der Waals surface area contributed by atoms with Crippen LogP contribution in [0.1, 0.15) is 31.0 Å². The summed E-state index contributed by atoms with van der Waals surface area (Å²) in [5.41, 5.74) is -4.62. The van der Waals surface area contributed by atoms with Gasteiger partial charge in [-0.3, -0.25) is 19.1 Å². The van der Waals surface area contributed by atoms with Crippen LogP contribution in [-0.4, -0.2) is 28.8 Å². The van der Waals surface area contributed by atoms with Crippen LogP contribution in [0.15, 0.2) is 46.0 Å². The van der Waals surface area contributed by atoms with Crippen molar-refractivity contribution in [1.82, 2.24) is 9.13 Å². The fourth-order valence-electron chi connectivity index (χ4n) is 3.54. The number of ether oxygens (including phenoxy) is 2. The Hall–Kier alpha value is -3.84. The number of methoxy groups -OCH3 is 1. The van der Waals surface area contributed by atoms with Gasteiger partial charge in [-0.1, -0.05) is 30.7 Å². The van der Waals surface area contributed by atoms with Gasteiger partial charge in [0.2, 0.25) is 5.75 Å². The van der Waals surface area contributed by atoms with Gasteiger partial charge >= 0.3 is 17.8 Å². The predicted octanol–water partition coefficient (Wildman–Crippen LogP) is 4.75. The van der Waals surface area contributed by atoms with E-state index in [4.69, 9.17) is 26.0 Å². The van der Waals surface area contributed by atoms with Gasteiger partial charge in [-0.2, -0.15) is 13.2 Å². The lowest BCUT2D eigenvalue weighted by Crippen LogP contribution is -2.41. The summed E-state index contributed by atoms with van der Waals surface area (Å²) in [7, 11) is 2.26. The van der Waals surface area contributed by atoms with Gasteiger partial charge in [0, 0.05) is 44.7 Å². The quantitative estimate of drug-likeness (QED) is 0.223. The summed E-state index contributed by atoms with van der Waals surface area (Å²) in [5.74, 6) is -2.65. The molecule has 0 aliphatic heterocycles. The maximum Gasteiger partial charge on any atom is 0.431 e. The predicted molar refractivity (Wildman–Crippen MR) is 126 cm³/mol. The molecule has 0 saturated heterocycles. The van der Waals surface area contributed by atoms with E-state index in [0.29, 0.717) is 5.56 Å². The molecule has 0 amide bonds. The van der Waals surface area contributed by atoms with Gasteiger partial charge in [0.25, 0.3) is 5.56 Å². The largest absolute Gasteiger partial charge is 0.451 e. The number of benzene rings is 2. The number of hydrogen-bond donors (Lipinski definition) is 0. The lowest BCUT2D eigenvalue weighted by molar-refractivity contribution is -0.211. The van der Waals surface area contributed by atoms with E-state index in [1.165, 1.54) is 13.2 Å². The molecule has 2 aromatic carbocycles. The summed E-state index contributed by atoms with van der Waals surface area (Å²) in [5, 5.41) is -0.310. The fraction of sp³-hybridized carbons (Fsp3) is 0.292. The number of carbonyl (C=O) groups excluding carboxylic acids is 1. The number of rotatable bonds is 8. The molecule has 1 heterocycles. The van der Waals surface area contributed by atoms with E-state index in [2.05, 4.69) is 4.89 Å². The van der Waals surface area contributed by atoms with Crippen LogP contribution in [0.3, 0.4) is 0 Å². The average Bonchev–Trinajstić information content (AvgIpc) is 2.82. The average molecular weight is 561 g/mol. The van der Waals surface area contributed by atoms with Crippen LogP contribution in [0, 0.1) is 5.82 Å². The molecule has 1 unspecified atom stereocenters. The van der Waals surface area contributed by atoms with Crippen LogP contribution < -0.4 is 20.9 Å². The lowest BCUT2D eigenvalue weighted by Gasteiger charge is -2.20. The monoisotopic (exact) mass is 560 g/mol. The molecule has 1 aromatic heterocycles. The Balaban J connectivity index is 2.20. The first kappa shape index (κ1) is 28.7. The molecule has 0 N–H and O–H groups in total. The van der Waals surface area contributed by atoms with E-state index in [9.17, 15) is 31.9 Å². The molecular formula is C24H21ClF4N2O7. The van der Waals surface area contributed by atoms with Crippen LogP contribution in [0.5, 0.6) is 17.2 Å². The fourth-order valence-corrected chi connectivity index (χ4v) is 3.73. The van der Waals surface area contributed by atoms with Gasteiger partial charge in [0.15, 0.2) is 5.75 Å². The van der Waals surface area contributed by atoms with E-state index in [1.54, 1.807) is 19.1 Å². The van der Waals surface area contributed by atoms with Crippen molar-refractivity contribution < 1.29 is 41.6 Å². The van der Waals surface area contributed by atoms with Crippen molar-refractivity contribution in [2.75, 3.05) is 13.7 Å². The second-order valence-electron chi connectivity index (χ2n) is 8.07. The highest BCUT2D eigenvalue weighted by atomic mass is 35.5. The van der Waals surface area contributed by atoms with E-state index >= 15 is 0 Å². The number of hydrogen-bond acceptors (Lipinski definition) is 7. The normalized spacial score (nSPS) is 12.2. The van der Waals surface area contributed by atoms with Gasteiger partial charge in [0.05, 0.1) is 17.3 Å². The van der Waals surface area contributed by atoms with Gasteiger partial charge in [-0.25, -0.2) is 18.5 Å². The van der Waals surface area contributed by atoms with Gasteiger partial charge < -0.3 is 9.47 Å². The Morgan fingerprint density at radius 2 is 1.82 bits per heavy atom. The van der Waals surface area contributed by atoms with Crippen molar-refractivity contribution in [2.45, 2.75) is 25.9 Å². The van der Waals surface area contributed by atoms with E-state index in [0.717, 1.165) is 26.1 Å². The third kappa shape index (κ3) is 6.00. The number of aromatic nitrogens is 2. The van der Waals surface area contributed by atoms with Crippen LogP contribution in [0.2, 0.25) is 5.02 Å². The second-order valence-corrected chi connectivity index (χ2v) is 8.48. The molecule has 1 atom stereocenters. The zero-order chi connectivity index (χ0) is 28.4. The highest BCUT2D eigenvalue weighted by Crippen LogP contribution is 2.42. The molecule has 3 rings (SSSR count). The van der Waals surface area contributed by atoms with Crippen molar-refractivity contribution in [3.05, 3.63) is 79.3 Å². The van der Waals surface area contributed by atoms with E-state index < -0.39 is 40.6 Å². The number of para-hydroxylation sites is 1. The van der Waals surface area contributed by atoms with Crippen LogP contribution >= 0.6 is 11.6 Å². The smallest absolute Gasteiger partial charge is 0.431 e. The molecule has 38 heavy (non-hydrogen) atoms. The topological polar surface area (TPSA) is 98.0 Å². The Morgan fingerprint density at radius 3 is 2.42 bits per heavy atom. The maximum atomic E-state index is 14.9. The molecule has 0 saturated carbocycles. The first-order valence-corrected chi connectivity index (χ1v) is 11.2. The first-order chi connectivity index (χ1) is 17.8. The van der Waals surface area contributed by atoms with Crippen LogP contribution in [0.25, 0.3) is 5.69 Å².